The molecule has 0 aromatic rings. The molecule has 0 rings (SSSR count). The van der Waals surface area contributed by atoms with E-state index in [1.54, 1.807) is 0 Å². The van der Waals surface area contributed by atoms with Crippen LogP contribution in [0.1, 0.15) is 33.1 Å². The molecule has 2 N–H and O–H groups in total. The molecule has 6 nitrogen and oxygen atoms in total. The SMILES string of the molecule is CC(C)CCCOCCOCCOCCOCCOCCCN. The Kier molecular flexibility index (Phi) is 19.6. The van der Waals surface area contributed by atoms with Crippen LogP contribution in [-0.2, 0) is 23.7 Å². The van der Waals surface area contributed by atoms with Crippen LogP contribution in [0.3, 0.4) is 0 Å². The summed E-state index contributed by atoms with van der Waals surface area (Å²) in [5.41, 5.74) is 5.36. The summed E-state index contributed by atoms with van der Waals surface area (Å²) >= 11 is 0. The van der Waals surface area contributed by atoms with Gasteiger partial charge in [0.1, 0.15) is 0 Å². The molecular formula is C17H37NO5. The Morgan fingerprint density at radius 1 is 0.565 bits per heavy atom. The summed E-state index contributed by atoms with van der Waals surface area (Å²) in [4.78, 5) is 0. The van der Waals surface area contributed by atoms with Crippen LogP contribution in [0.25, 0.3) is 0 Å². The van der Waals surface area contributed by atoms with Crippen LogP contribution in [0.15, 0.2) is 0 Å². The molecule has 0 aliphatic heterocycles. The molecule has 0 aromatic carbocycles. The lowest BCUT2D eigenvalue weighted by atomic mass is 10.1. The van der Waals surface area contributed by atoms with Crippen molar-refractivity contribution in [1.82, 2.24) is 0 Å². The van der Waals surface area contributed by atoms with Gasteiger partial charge in [0.25, 0.3) is 0 Å². The smallest absolute Gasteiger partial charge is 0.0701 e. The topological polar surface area (TPSA) is 72.2 Å². The van der Waals surface area contributed by atoms with E-state index in [1.165, 1.54) is 6.42 Å². The van der Waals surface area contributed by atoms with Crippen molar-refractivity contribution < 1.29 is 23.7 Å². The van der Waals surface area contributed by atoms with Crippen LogP contribution in [0.5, 0.6) is 0 Å². The van der Waals surface area contributed by atoms with Gasteiger partial charge in [0, 0.05) is 13.2 Å². The van der Waals surface area contributed by atoms with Gasteiger partial charge in [-0.1, -0.05) is 13.8 Å². The number of hydrogen-bond acceptors (Lipinski definition) is 6. The predicted molar refractivity (Wildman–Crippen MR) is 91.8 cm³/mol. The minimum atomic E-state index is 0.581. The van der Waals surface area contributed by atoms with Crippen LogP contribution < -0.4 is 5.73 Å². The normalized spacial score (nSPS) is 11.5. The highest BCUT2D eigenvalue weighted by molar-refractivity contribution is 4.44. The van der Waals surface area contributed by atoms with Gasteiger partial charge in [-0.05, 0) is 31.7 Å². The number of rotatable bonds is 19. The lowest BCUT2D eigenvalue weighted by Crippen LogP contribution is -2.13. The third kappa shape index (κ3) is 21.8. The quantitative estimate of drug-likeness (QED) is 0.363. The number of ether oxygens (including phenoxy) is 5. The summed E-state index contributed by atoms with van der Waals surface area (Å²) in [6.45, 7) is 11.5. The summed E-state index contributed by atoms with van der Waals surface area (Å²) in [6, 6.07) is 0. The third-order valence-electron chi connectivity index (χ3n) is 3.05. The van der Waals surface area contributed by atoms with Crippen molar-refractivity contribution in [1.29, 1.82) is 0 Å². The van der Waals surface area contributed by atoms with Crippen LogP contribution in [0.2, 0.25) is 0 Å². The fraction of sp³-hybridized carbons (Fsp3) is 1.00. The monoisotopic (exact) mass is 335 g/mol. The first-order valence-electron chi connectivity index (χ1n) is 8.86. The van der Waals surface area contributed by atoms with E-state index < -0.39 is 0 Å². The molecule has 0 atom stereocenters. The van der Waals surface area contributed by atoms with Gasteiger partial charge in [0.2, 0.25) is 0 Å². The van der Waals surface area contributed by atoms with Gasteiger partial charge in [0.15, 0.2) is 0 Å². The molecule has 23 heavy (non-hydrogen) atoms. The molecule has 0 saturated heterocycles. The second kappa shape index (κ2) is 19.8. The molecule has 6 heteroatoms. The van der Waals surface area contributed by atoms with E-state index in [1.807, 2.05) is 0 Å². The van der Waals surface area contributed by atoms with Gasteiger partial charge in [-0.15, -0.1) is 0 Å². The van der Waals surface area contributed by atoms with Gasteiger partial charge >= 0.3 is 0 Å². The molecule has 0 radical (unpaired) electrons. The maximum atomic E-state index is 5.49. The van der Waals surface area contributed by atoms with Crippen LogP contribution in [0.4, 0.5) is 0 Å². The van der Waals surface area contributed by atoms with Crippen LogP contribution in [-0.4, -0.2) is 72.6 Å². The highest BCUT2D eigenvalue weighted by Gasteiger charge is 1.95. The summed E-state index contributed by atoms with van der Waals surface area (Å²) in [6.07, 6.45) is 3.24. The summed E-state index contributed by atoms with van der Waals surface area (Å²) < 4.78 is 27.0. The maximum absolute atomic E-state index is 5.49. The van der Waals surface area contributed by atoms with Crippen LogP contribution >= 0.6 is 0 Å². The van der Waals surface area contributed by atoms with Gasteiger partial charge in [-0.25, -0.2) is 0 Å². The zero-order valence-electron chi connectivity index (χ0n) is 15.1. The van der Waals surface area contributed by atoms with E-state index >= 15 is 0 Å². The molecule has 0 amide bonds. The summed E-state index contributed by atoms with van der Waals surface area (Å²) in [7, 11) is 0. The molecule has 0 unspecified atom stereocenters. The Morgan fingerprint density at radius 3 is 1.26 bits per heavy atom. The number of nitrogens with two attached hydrogens (primary N) is 1. The van der Waals surface area contributed by atoms with Gasteiger partial charge in [-0.2, -0.15) is 0 Å². The zero-order chi connectivity index (χ0) is 17.0. The van der Waals surface area contributed by atoms with E-state index in [2.05, 4.69) is 13.8 Å². The second-order valence-corrected chi connectivity index (χ2v) is 5.74. The summed E-state index contributed by atoms with van der Waals surface area (Å²) in [5.74, 6) is 0.750. The lowest BCUT2D eigenvalue weighted by Gasteiger charge is -2.08. The van der Waals surface area contributed by atoms with Crippen molar-refractivity contribution in [3.8, 4) is 0 Å². The average Bonchev–Trinajstić information content (AvgIpc) is 2.53. The van der Waals surface area contributed by atoms with E-state index in [0.717, 1.165) is 25.4 Å². The van der Waals surface area contributed by atoms with Crippen molar-refractivity contribution >= 4 is 0 Å². The van der Waals surface area contributed by atoms with Crippen molar-refractivity contribution in [3.05, 3.63) is 0 Å². The van der Waals surface area contributed by atoms with Gasteiger partial charge < -0.3 is 29.4 Å². The number of hydrogen-bond donors (Lipinski definition) is 1. The Bertz CT molecular complexity index is 217. The molecule has 0 heterocycles. The molecular weight excluding hydrogens is 298 g/mol. The largest absolute Gasteiger partial charge is 0.379 e. The minimum absolute atomic E-state index is 0.581. The molecule has 0 aliphatic carbocycles. The fourth-order valence-corrected chi connectivity index (χ4v) is 1.76. The zero-order valence-corrected chi connectivity index (χ0v) is 15.1. The van der Waals surface area contributed by atoms with E-state index in [-0.39, 0.29) is 0 Å². The standard InChI is InChI=1S/C17H37NO5/c1-17(2)5-3-7-19-9-11-21-13-15-23-16-14-22-12-10-20-8-4-6-18/h17H,3-16,18H2,1-2H3. The first-order valence-corrected chi connectivity index (χ1v) is 8.86. The molecule has 0 aromatic heterocycles. The molecule has 140 valence electrons. The summed E-state index contributed by atoms with van der Waals surface area (Å²) in [5, 5.41) is 0. The Hall–Kier alpha value is -0.240. The minimum Gasteiger partial charge on any atom is -0.379 e. The molecule has 0 spiro atoms. The van der Waals surface area contributed by atoms with Crippen molar-refractivity contribution in [2.45, 2.75) is 33.1 Å². The predicted octanol–water partition coefficient (Wildman–Crippen LogP) is 1.85. The van der Waals surface area contributed by atoms with Crippen molar-refractivity contribution in [2.24, 2.45) is 11.7 Å². The fourth-order valence-electron chi connectivity index (χ4n) is 1.76. The Morgan fingerprint density at radius 2 is 0.913 bits per heavy atom. The highest BCUT2D eigenvalue weighted by atomic mass is 16.6. The van der Waals surface area contributed by atoms with Crippen molar-refractivity contribution in [2.75, 3.05) is 72.6 Å². The van der Waals surface area contributed by atoms with Crippen molar-refractivity contribution in [3.63, 3.8) is 0 Å². The van der Waals surface area contributed by atoms with Gasteiger partial charge in [-0.3, -0.25) is 0 Å². The lowest BCUT2D eigenvalue weighted by molar-refractivity contribution is -0.0113. The Labute approximate surface area is 141 Å². The highest BCUT2D eigenvalue weighted by Crippen LogP contribution is 2.02. The third-order valence-corrected chi connectivity index (χ3v) is 3.05. The van der Waals surface area contributed by atoms with E-state index in [0.29, 0.717) is 66.0 Å². The van der Waals surface area contributed by atoms with Gasteiger partial charge in [0.05, 0.1) is 52.9 Å². The average molecular weight is 335 g/mol. The maximum Gasteiger partial charge on any atom is 0.0701 e. The first kappa shape index (κ1) is 22.8. The molecule has 0 fully saturated rings. The molecule has 0 aliphatic rings. The van der Waals surface area contributed by atoms with Crippen LogP contribution in [0, 0.1) is 5.92 Å². The van der Waals surface area contributed by atoms with E-state index in [4.69, 9.17) is 29.4 Å². The second-order valence-electron chi connectivity index (χ2n) is 5.74. The molecule has 0 bridgehead atoms. The van der Waals surface area contributed by atoms with E-state index in [9.17, 15) is 0 Å². The first-order chi connectivity index (χ1) is 11.3. The molecule has 0 saturated carbocycles. The Balaban J connectivity index is 2.95.